The summed E-state index contributed by atoms with van der Waals surface area (Å²) in [5.41, 5.74) is 1.00. The normalized spacial score (nSPS) is 20.1. The molecule has 0 radical (unpaired) electrons. The van der Waals surface area contributed by atoms with Crippen molar-refractivity contribution in [1.82, 2.24) is 9.80 Å². The molecule has 0 spiro atoms. The highest BCUT2D eigenvalue weighted by molar-refractivity contribution is 7.94. The summed E-state index contributed by atoms with van der Waals surface area (Å²) in [6.45, 7) is 6.22. The fourth-order valence-electron chi connectivity index (χ4n) is 5.32. The number of sulfonamides is 1. The third-order valence-corrected chi connectivity index (χ3v) is 11.0. The first-order chi connectivity index (χ1) is 22.9. The first-order valence-electron chi connectivity index (χ1n) is 16.0. The molecule has 0 fully saturated rings. The van der Waals surface area contributed by atoms with Crippen LogP contribution in [0.1, 0.15) is 50.4 Å². The fraction of sp³-hybridized carbons (Fsp3) is 0.471. The van der Waals surface area contributed by atoms with E-state index < -0.39 is 28.1 Å². The molecule has 1 aromatic heterocycles. The van der Waals surface area contributed by atoms with Gasteiger partial charge < -0.3 is 34.4 Å². The number of methoxy groups -OCH3 is 1. The van der Waals surface area contributed by atoms with Crippen LogP contribution in [0.3, 0.4) is 0 Å². The van der Waals surface area contributed by atoms with Crippen LogP contribution in [-0.2, 0) is 14.8 Å². The van der Waals surface area contributed by atoms with Crippen LogP contribution in [0.15, 0.2) is 64.2 Å². The third-order valence-electron chi connectivity index (χ3n) is 8.21. The average Bonchev–Trinajstić information content (AvgIpc) is 3.63. The Kier molecular flexibility index (Phi) is 13.1. The molecule has 0 aliphatic carbocycles. The fourth-order valence-corrected chi connectivity index (χ4v) is 7.36. The number of rotatable bonds is 9. The van der Waals surface area contributed by atoms with Crippen molar-refractivity contribution in [3.05, 3.63) is 65.5 Å². The Morgan fingerprint density at radius 1 is 1.15 bits per heavy atom. The summed E-state index contributed by atoms with van der Waals surface area (Å²) in [4.78, 5) is 30.6. The zero-order chi connectivity index (χ0) is 34.8. The Morgan fingerprint density at radius 3 is 2.54 bits per heavy atom. The maximum atomic E-state index is 14.3. The van der Waals surface area contributed by atoms with E-state index in [-0.39, 0.29) is 53.2 Å². The lowest BCUT2D eigenvalue weighted by molar-refractivity contribution is -0.0115. The minimum Gasteiger partial charge on any atom is -0.497 e. The molecule has 2 heterocycles. The number of amides is 3. The number of nitrogens with zero attached hydrogens (tertiary/aromatic N) is 2. The molecule has 14 heteroatoms. The zero-order valence-electron chi connectivity index (χ0n) is 28.0. The second-order valence-electron chi connectivity index (χ2n) is 12.1. The van der Waals surface area contributed by atoms with Crippen LogP contribution in [0, 0.1) is 5.92 Å². The Hall–Kier alpha value is -3.85. The minimum absolute atomic E-state index is 0.150. The van der Waals surface area contributed by atoms with E-state index in [2.05, 4.69) is 10.0 Å². The predicted molar refractivity (Wildman–Crippen MR) is 187 cm³/mol. The largest absolute Gasteiger partial charge is 0.497 e. The van der Waals surface area contributed by atoms with Crippen LogP contribution in [-0.4, -0.2) is 94.0 Å². The van der Waals surface area contributed by atoms with E-state index in [0.29, 0.717) is 30.2 Å². The van der Waals surface area contributed by atoms with Crippen LogP contribution in [0.4, 0.5) is 16.2 Å². The SMILES string of the molecule is COc1ccc(NC(=O)N(C)C[C@H]2OCCCC[C@@H](C)Oc3ccc(NS(=O)(=O)c4cccs4)cc3C(=O)N([C@H](C)CO)C[C@H]2C)cc1. The first-order valence-corrected chi connectivity index (χ1v) is 18.3. The molecule has 0 saturated carbocycles. The van der Waals surface area contributed by atoms with Crippen molar-refractivity contribution < 1.29 is 37.3 Å². The third kappa shape index (κ3) is 9.84. The van der Waals surface area contributed by atoms with Gasteiger partial charge in [0.15, 0.2) is 0 Å². The lowest BCUT2D eigenvalue weighted by atomic mass is 10.0. The summed E-state index contributed by atoms with van der Waals surface area (Å²) in [7, 11) is -0.599. The molecule has 0 bridgehead atoms. The number of carbonyl (C=O) groups is 2. The molecule has 3 N–H and O–H groups in total. The molecule has 12 nitrogen and oxygen atoms in total. The van der Waals surface area contributed by atoms with Gasteiger partial charge in [-0.3, -0.25) is 9.52 Å². The minimum atomic E-state index is -3.86. The molecule has 262 valence electrons. The van der Waals surface area contributed by atoms with Crippen LogP contribution >= 0.6 is 11.3 Å². The van der Waals surface area contributed by atoms with E-state index in [9.17, 15) is 23.1 Å². The van der Waals surface area contributed by atoms with Gasteiger partial charge in [0.05, 0.1) is 37.5 Å². The van der Waals surface area contributed by atoms with Gasteiger partial charge >= 0.3 is 6.03 Å². The Bertz CT molecular complexity index is 1600. The number of fused-ring (bicyclic) bond motifs is 1. The first kappa shape index (κ1) is 37.0. The molecule has 4 rings (SSSR count). The average molecular weight is 703 g/mol. The summed E-state index contributed by atoms with van der Waals surface area (Å²) < 4.78 is 46.5. The number of hydrogen-bond acceptors (Lipinski definition) is 9. The van der Waals surface area contributed by atoms with Gasteiger partial charge in [-0.2, -0.15) is 0 Å². The van der Waals surface area contributed by atoms with Crippen molar-refractivity contribution in [2.75, 3.05) is 50.5 Å². The van der Waals surface area contributed by atoms with Gasteiger partial charge in [-0.15, -0.1) is 11.3 Å². The van der Waals surface area contributed by atoms with Gasteiger partial charge in [0, 0.05) is 44.0 Å². The van der Waals surface area contributed by atoms with E-state index in [1.165, 1.54) is 12.1 Å². The number of anilines is 2. The van der Waals surface area contributed by atoms with E-state index in [1.807, 2.05) is 13.8 Å². The summed E-state index contributed by atoms with van der Waals surface area (Å²) in [5.74, 6) is 0.322. The van der Waals surface area contributed by atoms with Crippen molar-refractivity contribution in [1.29, 1.82) is 0 Å². The monoisotopic (exact) mass is 702 g/mol. The number of thiophene rings is 1. The highest BCUT2D eigenvalue weighted by Crippen LogP contribution is 2.30. The van der Waals surface area contributed by atoms with E-state index in [0.717, 1.165) is 24.2 Å². The number of benzene rings is 2. The smallest absolute Gasteiger partial charge is 0.321 e. The topological polar surface area (TPSA) is 147 Å². The maximum Gasteiger partial charge on any atom is 0.321 e. The van der Waals surface area contributed by atoms with Crippen molar-refractivity contribution in [2.45, 2.75) is 62.5 Å². The van der Waals surface area contributed by atoms with Gasteiger partial charge in [-0.25, -0.2) is 13.2 Å². The quantitative estimate of drug-likeness (QED) is 0.264. The summed E-state index contributed by atoms with van der Waals surface area (Å²) in [5, 5.41) is 14.8. The van der Waals surface area contributed by atoms with E-state index in [1.54, 1.807) is 78.7 Å². The molecular formula is C34H46N4O8S2. The number of hydrogen-bond donors (Lipinski definition) is 3. The molecule has 1 aliphatic rings. The second-order valence-corrected chi connectivity index (χ2v) is 14.9. The molecule has 3 amide bonds. The number of aliphatic hydroxyl groups is 1. The van der Waals surface area contributed by atoms with E-state index >= 15 is 0 Å². The molecule has 48 heavy (non-hydrogen) atoms. The van der Waals surface area contributed by atoms with Crippen LogP contribution < -0.4 is 19.5 Å². The summed E-state index contributed by atoms with van der Waals surface area (Å²) in [6, 6.07) is 14.0. The molecular weight excluding hydrogens is 657 g/mol. The van der Waals surface area contributed by atoms with Crippen molar-refractivity contribution in [2.24, 2.45) is 5.92 Å². The second kappa shape index (κ2) is 17.0. The number of aliphatic hydroxyl groups excluding tert-OH is 1. The van der Waals surface area contributed by atoms with Crippen LogP contribution in [0.5, 0.6) is 11.5 Å². The highest BCUT2D eigenvalue weighted by atomic mass is 32.2. The van der Waals surface area contributed by atoms with Gasteiger partial charge in [0.2, 0.25) is 0 Å². The number of nitrogens with one attached hydrogen (secondary N) is 2. The van der Waals surface area contributed by atoms with Crippen molar-refractivity contribution in [3.8, 4) is 11.5 Å². The van der Waals surface area contributed by atoms with E-state index in [4.69, 9.17) is 14.2 Å². The lowest BCUT2D eigenvalue weighted by Gasteiger charge is -2.35. The summed E-state index contributed by atoms with van der Waals surface area (Å²) in [6.07, 6.45) is 1.61. The number of ether oxygens (including phenoxy) is 3. The van der Waals surface area contributed by atoms with Crippen LogP contribution in [0.2, 0.25) is 0 Å². The zero-order valence-corrected chi connectivity index (χ0v) is 29.7. The molecule has 2 aromatic carbocycles. The molecule has 0 unspecified atom stereocenters. The Morgan fingerprint density at radius 2 is 1.88 bits per heavy atom. The van der Waals surface area contributed by atoms with Crippen LogP contribution in [0.25, 0.3) is 0 Å². The summed E-state index contributed by atoms with van der Waals surface area (Å²) >= 11 is 1.09. The Balaban J connectivity index is 1.60. The van der Waals surface area contributed by atoms with Gasteiger partial charge in [-0.05, 0) is 87.0 Å². The predicted octanol–water partition coefficient (Wildman–Crippen LogP) is 5.52. The molecule has 1 aliphatic heterocycles. The standard InChI is InChI=1S/C34H46N4O8S2/c1-23-20-38(24(2)22-39)33(40)29-19-27(36-48(42,43)32-10-8-18-47-32)13-16-30(29)46-25(3)9-6-7-17-45-31(23)21-37(4)34(41)35-26-11-14-28(44-5)15-12-26/h8,10-16,18-19,23-25,31,36,39H,6-7,9,17,20-22H2,1-5H3,(H,35,41)/t23-,24-,25-,31-/m1/s1. The van der Waals surface area contributed by atoms with Gasteiger partial charge in [0.25, 0.3) is 15.9 Å². The van der Waals surface area contributed by atoms with Gasteiger partial charge in [-0.1, -0.05) is 13.0 Å². The number of likely N-dealkylation sites (N-methyl/N-ethyl adjacent to an activating group) is 1. The maximum absolute atomic E-state index is 14.3. The highest BCUT2D eigenvalue weighted by Gasteiger charge is 2.31. The molecule has 0 saturated heterocycles. The Labute approximate surface area is 287 Å². The molecule has 3 aromatic rings. The number of carbonyl (C=O) groups excluding carboxylic acids is 2. The van der Waals surface area contributed by atoms with Crippen molar-refractivity contribution in [3.63, 3.8) is 0 Å². The van der Waals surface area contributed by atoms with Gasteiger partial charge in [0.1, 0.15) is 15.7 Å². The number of urea groups is 1. The lowest BCUT2D eigenvalue weighted by Crippen LogP contribution is -2.48. The van der Waals surface area contributed by atoms with Crippen molar-refractivity contribution >= 4 is 44.7 Å². The molecule has 4 atom stereocenters.